The summed E-state index contributed by atoms with van der Waals surface area (Å²) >= 11 is 0. The van der Waals surface area contributed by atoms with Crippen molar-refractivity contribution in [2.75, 3.05) is 0 Å². The quantitative estimate of drug-likeness (QED) is 0.110. The smallest absolute Gasteiger partial charge is 0.00199 e. The van der Waals surface area contributed by atoms with Crippen molar-refractivity contribution in [3.63, 3.8) is 0 Å². The van der Waals surface area contributed by atoms with Gasteiger partial charge in [-0.25, -0.2) is 0 Å². The molecular weight excluding hydrogens is 1490 g/mol. The first-order chi connectivity index (χ1) is 61.6. The fourth-order valence-electron chi connectivity index (χ4n) is 23.9. The average Bonchev–Trinajstić information content (AvgIpc) is 0.702. The van der Waals surface area contributed by atoms with Crippen LogP contribution < -0.4 is 0 Å². The third-order valence-electron chi connectivity index (χ3n) is 29.0. The lowest BCUT2D eigenvalue weighted by Crippen LogP contribution is -1.95. The van der Waals surface area contributed by atoms with E-state index in [2.05, 4.69) is 413 Å². The standard InChI is InChI=1S/C124H68/c1-2-20-69(21-3-1)75-50-52-109-111(67-75)123(103-62-59-100-84-35-13-27-72-25-11-33-82(114(72)84)90-39-17-46-97(103)118(90)100)87-30-8-6-28-85(87)121(109)102-61-64-107-105-56-54-77(79-36-14-40-91(115(79)105)93-42-18-45-96(102)119(93)107)78-55-57-106-108-65-63-104(98-47-19-43-94(120(98)108)92-41-15-37-80(78)116(92)106)124-88-31-9-7-29-86(88)122(110-53-51-76(68-112(110)124)74-49-48-70-22-4-5-23-73(70)66-74)101-60-58-99-83-34-12-26-71-24-10-32-81(113(71)83)89-38-16-44-95(101)117(89)99/h1-68H. The molecule has 0 aromatic heterocycles. The summed E-state index contributed by atoms with van der Waals surface area (Å²) in [5, 5.41) is 53.5. The van der Waals surface area contributed by atoms with E-state index in [0.29, 0.717) is 0 Å². The molecule has 0 heteroatoms. The van der Waals surface area contributed by atoms with Crippen LogP contribution in [-0.2, 0) is 0 Å². The van der Waals surface area contributed by atoms with E-state index in [1.165, 1.54) is 304 Å². The van der Waals surface area contributed by atoms with Gasteiger partial charge in [0.2, 0.25) is 0 Å². The van der Waals surface area contributed by atoms with Crippen LogP contribution in [0.3, 0.4) is 0 Å². The summed E-state index contributed by atoms with van der Waals surface area (Å²) in [6.45, 7) is 0. The molecule has 0 heterocycles. The highest BCUT2D eigenvalue weighted by molar-refractivity contribution is 6.42. The molecule has 0 nitrogen and oxygen atoms in total. The molecule has 0 aliphatic heterocycles. The van der Waals surface area contributed by atoms with Gasteiger partial charge in [-0.3, -0.25) is 0 Å². The van der Waals surface area contributed by atoms with Gasteiger partial charge in [-0.15, -0.1) is 0 Å². The fourth-order valence-corrected chi connectivity index (χ4v) is 23.9. The summed E-state index contributed by atoms with van der Waals surface area (Å²) in [5.74, 6) is 0. The Morgan fingerprint density at radius 3 is 0.645 bits per heavy atom. The first-order valence-electron chi connectivity index (χ1n) is 43.5. The molecule has 0 fully saturated rings. The zero-order valence-electron chi connectivity index (χ0n) is 67.3. The zero-order chi connectivity index (χ0) is 80.4. The van der Waals surface area contributed by atoms with Crippen molar-refractivity contribution in [2.24, 2.45) is 0 Å². The van der Waals surface area contributed by atoms with Gasteiger partial charge in [0.25, 0.3) is 0 Å². The van der Waals surface area contributed by atoms with Gasteiger partial charge in [0.05, 0.1) is 0 Å². The second-order valence-corrected chi connectivity index (χ2v) is 34.8. The molecule has 0 N–H and O–H groups in total. The van der Waals surface area contributed by atoms with Crippen LogP contribution >= 0.6 is 0 Å². The molecule has 29 aromatic carbocycles. The predicted octanol–water partition coefficient (Wildman–Crippen LogP) is 35.3. The molecule has 0 radical (unpaired) electrons. The van der Waals surface area contributed by atoms with Gasteiger partial charge in [-0.1, -0.05) is 394 Å². The third-order valence-corrected chi connectivity index (χ3v) is 29.0. The Bertz CT molecular complexity index is 9670. The molecule has 0 aliphatic rings. The van der Waals surface area contributed by atoms with Gasteiger partial charge in [0.15, 0.2) is 0 Å². The second kappa shape index (κ2) is 24.8. The lowest BCUT2D eigenvalue weighted by atomic mass is 9.80. The minimum Gasteiger partial charge on any atom is -0.0622 e. The molecule has 29 rings (SSSR count). The number of hydrogen-bond donors (Lipinski definition) is 0. The van der Waals surface area contributed by atoms with Crippen LogP contribution in [-0.4, -0.2) is 0 Å². The lowest BCUT2D eigenvalue weighted by Gasteiger charge is -2.23. The molecule has 0 bridgehead atoms. The largest absolute Gasteiger partial charge is 0.0622 e. The van der Waals surface area contributed by atoms with Gasteiger partial charge in [0.1, 0.15) is 0 Å². The van der Waals surface area contributed by atoms with Crippen molar-refractivity contribution in [1.29, 1.82) is 0 Å². The molecule has 0 aliphatic carbocycles. The zero-order valence-corrected chi connectivity index (χ0v) is 67.3. The maximum atomic E-state index is 2.51. The van der Waals surface area contributed by atoms with E-state index in [-0.39, 0.29) is 0 Å². The Labute approximate surface area is 711 Å². The second-order valence-electron chi connectivity index (χ2n) is 34.8. The van der Waals surface area contributed by atoms with Gasteiger partial charge in [0, 0.05) is 0 Å². The Balaban J connectivity index is 0.609. The van der Waals surface area contributed by atoms with E-state index >= 15 is 0 Å². The lowest BCUT2D eigenvalue weighted by molar-refractivity contribution is 1.64. The Morgan fingerprint density at radius 1 is 0.0887 bits per heavy atom. The maximum absolute atomic E-state index is 2.51. The van der Waals surface area contributed by atoms with Gasteiger partial charge in [-0.05, 0) is 322 Å². The highest BCUT2D eigenvalue weighted by Gasteiger charge is 2.29. The first-order valence-corrected chi connectivity index (χ1v) is 43.5. The average molecular weight is 1560 g/mol. The molecular formula is C124H68. The number of rotatable bonds is 7. The number of fused-ring (bicyclic) bond motifs is 13. The Kier molecular flexibility index (Phi) is 13.3. The number of hydrogen-bond acceptors (Lipinski definition) is 0. The minimum absolute atomic E-state index is 1.19. The molecule has 0 amide bonds. The normalized spacial score (nSPS) is 12.5. The molecule has 564 valence electrons. The van der Waals surface area contributed by atoms with Crippen LogP contribution in [0.4, 0.5) is 0 Å². The van der Waals surface area contributed by atoms with Crippen molar-refractivity contribution < 1.29 is 0 Å². The summed E-state index contributed by atoms with van der Waals surface area (Å²) in [7, 11) is 0. The fraction of sp³-hybridized carbons (Fsp3) is 0. The van der Waals surface area contributed by atoms with Crippen molar-refractivity contribution >= 4 is 226 Å². The van der Waals surface area contributed by atoms with E-state index in [0.717, 1.165) is 0 Å². The molecule has 0 saturated carbocycles. The van der Waals surface area contributed by atoms with E-state index < -0.39 is 0 Å². The van der Waals surface area contributed by atoms with Crippen molar-refractivity contribution in [3.8, 4) is 77.9 Å². The molecule has 29 aromatic rings. The molecule has 0 unspecified atom stereocenters. The molecule has 124 heavy (non-hydrogen) atoms. The molecule has 0 saturated heterocycles. The van der Waals surface area contributed by atoms with Crippen LogP contribution in [0.15, 0.2) is 413 Å². The summed E-state index contributed by atoms with van der Waals surface area (Å²) < 4.78 is 0. The first kappa shape index (κ1) is 66.7. The van der Waals surface area contributed by atoms with Crippen LogP contribution in [0.5, 0.6) is 0 Å². The van der Waals surface area contributed by atoms with Gasteiger partial charge in [-0.2, -0.15) is 0 Å². The van der Waals surface area contributed by atoms with E-state index in [4.69, 9.17) is 0 Å². The van der Waals surface area contributed by atoms with Crippen molar-refractivity contribution in [2.45, 2.75) is 0 Å². The molecule has 0 spiro atoms. The SMILES string of the molecule is c1ccc(-c2ccc3c(-c4ccc5c6ccc(-c7ccc8c9ccc(-c%10c%11ccccc%11c(-c%11ccc%12c%13cccc%14cccc(c%15cccc%11c%15%12)c%14%13)c%11ccc(-c%12ccc%13ccccc%13c%12)cc%10%11)c%10cccc(c%11cccc7c%118)c%109)c7cccc(c8cccc4c85)c76)c4ccccc4c(-c4ccc5c6cccc7cccc(c8cccc4c85)c76)c3c2)cc1. The summed E-state index contributed by atoms with van der Waals surface area (Å²) in [4.78, 5) is 0. The number of benzene rings is 29. The summed E-state index contributed by atoms with van der Waals surface area (Å²) in [6, 6.07) is 159. The maximum Gasteiger partial charge on any atom is -0.00199 e. The van der Waals surface area contributed by atoms with E-state index in [1.807, 2.05) is 0 Å². The third kappa shape index (κ3) is 8.89. The van der Waals surface area contributed by atoms with Crippen LogP contribution in [0.25, 0.3) is 304 Å². The highest BCUT2D eigenvalue weighted by Crippen LogP contribution is 2.57. The summed E-state index contributed by atoms with van der Waals surface area (Å²) in [5.41, 5.74) is 17.3. The van der Waals surface area contributed by atoms with Crippen molar-refractivity contribution in [1.82, 2.24) is 0 Å². The minimum atomic E-state index is 1.19. The van der Waals surface area contributed by atoms with Crippen LogP contribution in [0.2, 0.25) is 0 Å². The highest BCUT2D eigenvalue weighted by atomic mass is 14.3. The van der Waals surface area contributed by atoms with Crippen LogP contribution in [0, 0.1) is 0 Å². The van der Waals surface area contributed by atoms with Gasteiger partial charge < -0.3 is 0 Å². The Hall–Kier alpha value is -16.1. The van der Waals surface area contributed by atoms with E-state index in [9.17, 15) is 0 Å². The van der Waals surface area contributed by atoms with Crippen molar-refractivity contribution in [3.05, 3.63) is 413 Å². The molecule has 0 atom stereocenters. The monoisotopic (exact) mass is 1560 g/mol. The Morgan fingerprint density at radius 2 is 0.298 bits per heavy atom. The predicted molar refractivity (Wildman–Crippen MR) is 537 cm³/mol. The van der Waals surface area contributed by atoms with Gasteiger partial charge >= 0.3 is 0 Å². The topological polar surface area (TPSA) is 0 Å². The van der Waals surface area contributed by atoms with E-state index in [1.54, 1.807) is 0 Å². The summed E-state index contributed by atoms with van der Waals surface area (Å²) in [6.07, 6.45) is 0. The van der Waals surface area contributed by atoms with Crippen LogP contribution in [0.1, 0.15) is 0 Å².